The first-order valence-electron chi connectivity index (χ1n) is 11.5. The summed E-state index contributed by atoms with van der Waals surface area (Å²) in [6.07, 6.45) is 1.68. The van der Waals surface area contributed by atoms with Crippen LogP contribution in [0.4, 0.5) is 0 Å². The number of para-hydroxylation sites is 1. The average Bonchev–Trinajstić information content (AvgIpc) is 3.24. The van der Waals surface area contributed by atoms with E-state index in [-0.39, 0.29) is 43.6 Å². The van der Waals surface area contributed by atoms with E-state index in [4.69, 9.17) is 14.6 Å². The average molecular weight is 462 g/mol. The quantitative estimate of drug-likeness (QED) is 0.376. The molecule has 0 aromatic heterocycles. The number of carbonyl (C=O) groups is 3. The van der Waals surface area contributed by atoms with Crippen LogP contribution in [0.5, 0.6) is 5.75 Å². The molecular weight excluding hydrogens is 430 g/mol. The summed E-state index contributed by atoms with van der Waals surface area (Å²) in [6, 6.07) is 6.76. The minimum absolute atomic E-state index is 0.0569. The lowest BCUT2D eigenvalue weighted by molar-refractivity contribution is -0.275. The number of phenolic OH excluding ortho intramolecular Hbond substituents is 1. The Labute approximate surface area is 192 Å². The van der Waals surface area contributed by atoms with Gasteiger partial charge in [0, 0.05) is 37.5 Å². The van der Waals surface area contributed by atoms with Gasteiger partial charge in [-0.3, -0.25) is 19.3 Å². The van der Waals surface area contributed by atoms with Crippen molar-refractivity contribution in [1.29, 1.82) is 0 Å². The maximum atomic E-state index is 13.3. The number of aromatic hydroxyl groups is 1. The van der Waals surface area contributed by atoms with Crippen LogP contribution in [0.1, 0.15) is 50.2 Å². The van der Waals surface area contributed by atoms with Crippen molar-refractivity contribution in [2.45, 2.75) is 50.4 Å². The van der Waals surface area contributed by atoms with Crippen molar-refractivity contribution in [1.82, 2.24) is 4.90 Å². The van der Waals surface area contributed by atoms with Gasteiger partial charge in [-0.05, 0) is 31.7 Å². The second-order valence-electron chi connectivity index (χ2n) is 9.31. The predicted molar refractivity (Wildman–Crippen MR) is 115 cm³/mol. The van der Waals surface area contributed by atoms with Crippen molar-refractivity contribution in [3.8, 4) is 5.75 Å². The highest BCUT2D eigenvalue weighted by molar-refractivity contribution is 6.05. The van der Waals surface area contributed by atoms with Crippen LogP contribution in [0, 0.1) is 23.7 Å². The molecule has 33 heavy (non-hydrogen) atoms. The predicted octanol–water partition coefficient (Wildman–Crippen LogP) is 2.07. The van der Waals surface area contributed by atoms with Crippen LogP contribution in [-0.2, 0) is 23.9 Å². The summed E-state index contributed by atoms with van der Waals surface area (Å²) < 4.78 is 11.4. The smallest absolute Gasteiger partial charge is 0.303 e. The molecule has 3 N–H and O–H groups in total. The topological polar surface area (TPSA) is 134 Å². The second-order valence-corrected chi connectivity index (χ2v) is 9.31. The highest BCUT2D eigenvalue weighted by Gasteiger charge is 2.66. The first kappa shape index (κ1) is 23.7. The molecule has 1 aromatic rings. The lowest BCUT2D eigenvalue weighted by atomic mass is 9.64. The minimum Gasteiger partial charge on any atom is -0.508 e. The third-order valence-electron chi connectivity index (χ3n) is 7.38. The van der Waals surface area contributed by atoms with Crippen LogP contribution in [0.3, 0.4) is 0 Å². The summed E-state index contributed by atoms with van der Waals surface area (Å²) in [5, 5.41) is 30.7. The van der Waals surface area contributed by atoms with E-state index in [0.29, 0.717) is 31.2 Å². The Morgan fingerprint density at radius 2 is 1.94 bits per heavy atom. The molecular formula is C24H31NO8. The van der Waals surface area contributed by atoms with Gasteiger partial charge in [-0.25, -0.2) is 0 Å². The molecule has 4 rings (SSSR count). The number of carbonyl (C=O) groups excluding carboxylic acids is 2. The summed E-state index contributed by atoms with van der Waals surface area (Å²) in [4.78, 5) is 38.5. The number of imide groups is 1. The van der Waals surface area contributed by atoms with Crippen molar-refractivity contribution >= 4 is 17.8 Å². The van der Waals surface area contributed by atoms with Gasteiger partial charge >= 0.3 is 5.97 Å². The van der Waals surface area contributed by atoms with Gasteiger partial charge in [0.15, 0.2) is 5.79 Å². The molecule has 1 aromatic carbocycles. The molecule has 9 nitrogen and oxygen atoms in total. The lowest BCUT2D eigenvalue weighted by Gasteiger charge is -2.44. The van der Waals surface area contributed by atoms with Crippen LogP contribution in [-0.4, -0.2) is 64.1 Å². The molecule has 6 atom stereocenters. The molecule has 3 aliphatic rings. The molecule has 3 fully saturated rings. The largest absolute Gasteiger partial charge is 0.508 e. The maximum absolute atomic E-state index is 13.3. The number of rotatable bonds is 9. The molecule has 1 saturated carbocycles. The maximum Gasteiger partial charge on any atom is 0.303 e. The molecule has 1 aliphatic carbocycles. The van der Waals surface area contributed by atoms with Gasteiger partial charge < -0.3 is 24.8 Å². The zero-order valence-electron chi connectivity index (χ0n) is 18.7. The van der Waals surface area contributed by atoms with Crippen LogP contribution < -0.4 is 0 Å². The molecule has 0 spiro atoms. The summed E-state index contributed by atoms with van der Waals surface area (Å²) in [6.45, 7) is 0.425. The van der Waals surface area contributed by atoms with Gasteiger partial charge in [0.05, 0.1) is 24.5 Å². The fourth-order valence-electron chi connectivity index (χ4n) is 5.84. The summed E-state index contributed by atoms with van der Waals surface area (Å²) in [5.41, 5.74) is 0.542. The Balaban J connectivity index is 1.55. The van der Waals surface area contributed by atoms with E-state index in [1.165, 1.54) is 12.0 Å². The third kappa shape index (κ3) is 4.25. The third-order valence-corrected chi connectivity index (χ3v) is 7.38. The number of aliphatic carboxylic acids is 1. The van der Waals surface area contributed by atoms with Crippen molar-refractivity contribution in [3.05, 3.63) is 29.8 Å². The second kappa shape index (κ2) is 9.40. The van der Waals surface area contributed by atoms with E-state index in [0.717, 1.165) is 0 Å². The van der Waals surface area contributed by atoms with Gasteiger partial charge in [-0.1, -0.05) is 24.6 Å². The molecule has 9 heteroatoms. The molecule has 0 bridgehead atoms. The number of carboxylic acid groups (broad SMARTS) is 1. The number of phenols is 1. The van der Waals surface area contributed by atoms with Gasteiger partial charge in [-0.15, -0.1) is 0 Å². The Bertz CT molecular complexity index is 919. The number of nitrogens with zero attached hydrogens (tertiary/aromatic N) is 1. The standard InChI is InChI=1S/C24H31NO8/c1-32-13-14-11-16-21(23(30)25(22(16)29)10-6-2-3-9-20(27)28)17-12-19(33-24(14,17)31)15-7-4-5-8-18(15)26/h4-5,7-8,14,16-17,19,21,26,31H,2-3,6,9-13H2,1H3,(H,27,28)/t14-,16+,17+,19+,21+,24-/m1/s1. The summed E-state index contributed by atoms with van der Waals surface area (Å²) in [7, 11) is 1.52. The van der Waals surface area contributed by atoms with E-state index >= 15 is 0 Å². The molecule has 0 radical (unpaired) electrons. The van der Waals surface area contributed by atoms with Crippen LogP contribution in [0.25, 0.3) is 0 Å². The highest BCUT2D eigenvalue weighted by atomic mass is 16.6. The number of ether oxygens (including phenoxy) is 2. The van der Waals surface area contributed by atoms with Gasteiger partial charge in [0.2, 0.25) is 11.8 Å². The lowest BCUT2D eigenvalue weighted by Crippen LogP contribution is -2.54. The molecule has 180 valence electrons. The molecule has 2 amide bonds. The summed E-state index contributed by atoms with van der Waals surface area (Å²) in [5.74, 6) is -5.32. The number of aliphatic hydroxyl groups is 1. The number of fused-ring (bicyclic) bond motifs is 3. The van der Waals surface area contributed by atoms with Crippen molar-refractivity contribution in [3.63, 3.8) is 0 Å². The molecule has 2 aliphatic heterocycles. The summed E-state index contributed by atoms with van der Waals surface area (Å²) >= 11 is 0. The van der Waals surface area contributed by atoms with Crippen LogP contribution >= 0.6 is 0 Å². The highest BCUT2D eigenvalue weighted by Crippen LogP contribution is 2.58. The molecule has 2 heterocycles. The van der Waals surface area contributed by atoms with E-state index in [2.05, 4.69) is 0 Å². The Hall–Kier alpha value is -2.49. The first-order valence-corrected chi connectivity index (χ1v) is 11.5. The molecule has 0 unspecified atom stereocenters. The number of methoxy groups -OCH3 is 1. The van der Waals surface area contributed by atoms with Crippen LogP contribution in [0.15, 0.2) is 24.3 Å². The van der Waals surface area contributed by atoms with E-state index in [1.54, 1.807) is 24.3 Å². The zero-order valence-corrected chi connectivity index (χ0v) is 18.7. The SMILES string of the molecule is COC[C@H]1C[C@@H]2C(=O)N(CCCCCC(=O)O)C(=O)[C@@H]2[C@@H]2C[C@@H](c3ccccc3O)O[C@]12O. The number of hydrogen-bond donors (Lipinski definition) is 3. The van der Waals surface area contributed by atoms with Gasteiger partial charge in [0.25, 0.3) is 0 Å². The Morgan fingerprint density at radius 3 is 2.64 bits per heavy atom. The normalized spacial score (nSPS) is 33.3. The number of unbranched alkanes of at least 4 members (excludes halogenated alkanes) is 2. The number of carboxylic acids is 1. The Kier molecular flexibility index (Phi) is 6.74. The number of hydrogen-bond acceptors (Lipinski definition) is 7. The van der Waals surface area contributed by atoms with Gasteiger partial charge in [-0.2, -0.15) is 0 Å². The van der Waals surface area contributed by atoms with Gasteiger partial charge in [0.1, 0.15) is 5.75 Å². The van der Waals surface area contributed by atoms with E-state index in [1.807, 2.05) is 0 Å². The minimum atomic E-state index is -1.64. The Morgan fingerprint density at radius 1 is 1.18 bits per heavy atom. The number of amides is 2. The number of benzene rings is 1. The van der Waals surface area contributed by atoms with E-state index < -0.39 is 41.5 Å². The molecule has 2 saturated heterocycles. The number of likely N-dealkylation sites (tertiary alicyclic amines) is 1. The van der Waals surface area contributed by atoms with Crippen LogP contribution in [0.2, 0.25) is 0 Å². The van der Waals surface area contributed by atoms with E-state index in [9.17, 15) is 24.6 Å². The zero-order chi connectivity index (χ0) is 23.8. The van der Waals surface area contributed by atoms with Crippen molar-refractivity contribution in [2.24, 2.45) is 23.7 Å². The monoisotopic (exact) mass is 461 g/mol. The van der Waals surface area contributed by atoms with Crippen molar-refractivity contribution < 1.29 is 39.2 Å². The fourth-order valence-corrected chi connectivity index (χ4v) is 5.84. The first-order chi connectivity index (χ1) is 15.8. The fraction of sp³-hybridized carbons (Fsp3) is 0.625. The van der Waals surface area contributed by atoms with Crippen molar-refractivity contribution in [2.75, 3.05) is 20.3 Å².